The largest absolute Gasteiger partial charge is 0.346 e. The zero-order valence-electron chi connectivity index (χ0n) is 11.0. The summed E-state index contributed by atoms with van der Waals surface area (Å²) in [5.74, 6) is -0.0365. The van der Waals surface area contributed by atoms with E-state index >= 15 is 0 Å². The van der Waals surface area contributed by atoms with Crippen LogP contribution in [0.4, 0.5) is 0 Å². The average Bonchev–Trinajstić information content (AvgIpc) is 2.39. The highest BCUT2D eigenvalue weighted by molar-refractivity contribution is 9.10. The van der Waals surface area contributed by atoms with E-state index in [2.05, 4.69) is 21.2 Å². The smallest absolute Gasteiger partial charge is 0.252 e. The maximum Gasteiger partial charge on any atom is 0.252 e. The van der Waals surface area contributed by atoms with E-state index in [1.54, 1.807) is 0 Å². The molecule has 2 aromatic rings. The molecule has 0 bridgehead atoms. The lowest BCUT2D eigenvalue weighted by Crippen LogP contribution is -2.27. The van der Waals surface area contributed by atoms with E-state index in [9.17, 15) is 4.79 Å². The van der Waals surface area contributed by atoms with Crippen LogP contribution in [0.25, 0.3) is 0 Å². The Morgan fingerprint density at radius 2 is 1.89 bits per heavy atom. The topological polar surface area (TPSA) is 29.1 Å². The van der Waals surface area contributed by atoms with Crippen molar-refractivity contribution in [2.24, 2.45) is 0 Å². The summed E-state index contributed by atoms with van der Waals surface area (Å²) in [6.07, 6.45) is 0. The summed E-state index contributed by atoms with van der Waals surface area (Å²) in [4.78, 5) is 12.2. The molecule has 0 aliphatic carbocycles. The molecule has 2 aromatic carbocycles. The normalized spacial score (nSPS) is 11.9. The molecule has 3 heteroatoms. The first-order valence-corrected chi connectivity index (χ1v) is 6.99. The summed E-state index contributed by atoms with van der Waals surface area (Å²) in [5.41, 5.74) is 2.79. The van der Waals surface area contributed by atoms with Crippen LogP contribution in [-0.2, 0) is 0 Å². The second-order valence-electron chi connectivity index (χ2n) is 4.57. The third-order valence-corrected chi connectivity index (χ3v) is 3.58. The van der Waals surface area contributed by atoms with Gasteiger partial charge < -0.3 is 5.32 Å². The molecule has 0 spiro atoms. The molecular formula is C16H16BrNO. The van der Waals surface area contributed by atoms with Crippen LogP contribution in [0.3, 0.4) is 0 Å². The van der Waals surface area contributed by atoms with E-state index in [-0.39, 0.29) is 11.9 Å². The molecule has 0 aromatic heterocycles. The summed E-state index contributed by atoms with van der Waals surface area (Å²) in [7, 11) is 0. The van der Waals surface area contributed by atoms with E-state index in [1.807, 2.05) is 62.4 Å². The Morgan fingerprint density at radius 3 is 2.58 bits per heavy atom. The minimum Gasteiger partial charge on any atom is -0.346 e. The van der Waals surface area contributed by atoms with Crippen LogP contribution in [0.15, 0.2) is 53.0 Å². The Balaban J connectivity index is 2.13. The van der Waals surface area contributed by atoms with Gasteiger partial charge in [0.05, 0.1) is 6.04 Å². The number of carbonyl (C=O) groups excluding carboxylic acids is 1. The minimum absolute atomic E-state index is 0.0235. The predicted molar refractivity (Wildman–Crippen MR) is 81.2 cm³/mol. The molecule has 1 atom stereocenters. The molecule has 0 fully saturated rings. The Kier molecular flexibility index (Phi) is 4.38. The molecule has 19 heavy (non-hydrogen) atoms. The van der Waals surface area contributed by atoms with Crippen molar-refractivity contribution in [3.63, 3.8) is 0 Å². The van der Waals surface area contributed by atoms with Crippen LogP contribution < -0.4 is 5.32 Å². The monoisotopic (exact) mass is 317 g/mol. The fourth-order valence-corrected chi connectivity index (χ4v) is 2.38. The van der Waals surface area contributed by atoms with E-state index < -0.39 is 0 Å². The second kappa shape index (κ2) is 6.02. The highest BCUT2D eigenvalue weighted by atomic mass is 79.9. The van der Waals surface area contributed by atoms with Crippen molar-refractivity contribution in [2.75, 3.05) is 0 Å². The lowest BCUT2D eigenvalue weighted by Gasteiger charge is -2.15. The first kappa shape index (κ1) is 13.8. The third kappa shape index (κ3) is 3.44. The number of aryl methyl sites for hydroxylation is 1. The molecule has 2 nitrogen and oxygen atoms in total. The summed E-state index contributed by atoms with van der Waals surface area (Å²) >= 11 is 3.44. The van der Waals surface area contributed by atoms with E-state index in [0.717, 1.165) is 21.2 Å². The van der Waals surface area contributed by atoms with Gasteiger partial charge in [0.2, 0.25) is 0 Å². The van der Waals surface area contributed by atoms with E-state index in [4.69, 9.17) is 0 Å². The molecule has 1 unspecified atom stereocenters. The van der Waals surface area contributed by atoms with Crippen LogP contribution in [0.5, 0.6) is 0 Å². The van der Waals surface area contributed by atoms with Gasteiger partial charge in [-0.3, -0.25) is 4.79 Å². The number of carbonyl (C=O) groups is 1. The number of rotatable bonds is 3. The van der Waals surface area contributed by atoms with Crippen LogP contribution in [-0.4, -0.2) is 5.91 Å². The van der Waals surface area contributed by atoms with E-state index in [0.29, 0.717) is 0 Å². The van der Waals surface area contributed by atoms with Gasteiger partial charge in [0, 0.05) is 10.0 Å². The number of hydrogen-bond donors (Lipinski definition) is 1. The Morgan fingerprint density at radius 1 is 1.16 bits per heavy atom. The lowest BCUT2D eigenvalue weighted by atomic mass is 10.1. The maximum atomic E-state index is 12.2. The van der Waals surface area contributed by atoms with Gasteiger partial charge in [-0.1, -0.05) is 46.3 Å². The van der Waals surface area contributed by atoms with Gasteiger partial charge in [0.1, 0.15) is 0 Å². The zero-order valence-corrected chi connectivity index (χ0v) is 12.6. The second-order valence-corrected chi connectivity index (χ2v) is 5.48. The van der Waals surface area contributed by atoms with Crippen LogP contribution in [0.2, 0.25) is 0 Å². The molecule has 1 N–H and O–H groups in total. The van der Waals surface area contributed by atoms with Gasteiger partial charge in [0.15, 0.2) is 0 Å². The van der Waals surface area contributed by atoms with Crippen molar-refractivity contribution in [3.05, 3.63) is 69.7 Å². The fraction of sp³-hybridized carbons (Fsp3) is 0.188. The molecule has 0 saturated carbocycles. The van der Waals surface area contributed by atoms with Gasteiger partial charge in [-0.25, -0.2) is 0 Å². The Bertz CT molecular complexity index is 595. The summed E-state index contributed by atoms with van der Waals surface area (Å²) in [5, 5.41) is 3.02. The van der Waals surface area contributed by atoms with Crippen LogP contribution >= 0.6 is 15.9 Å². The zero-order chi connectivity index (χ0) is 13.8. The predicted octanol–water partition coefficient (Wildman–Crippen LogP) is 4.25. The van der Waals surface area contributed by atoms with Crippen molar-refractivity contribution in [1.82, 2.24) is 5.32 Å². The number of amides is 1. The third-order valence-electron chi connectivity index (χ3n) is 3.09. The van der Waals surface area contributed by atoms with Crippen molar-refractivity contribution in [1.29, 1.82) is 0 Å². The Hall–Kier alpha value is -1.61. The highest BCUT2D eigenvalue weighted by Gasteiger charge is 2.12. The van der Waals surface area contributed by atoms with Gasteiger partial charge in [0.25, 0.3) is 5.91 Å². The number of nitrogens with one attached hydrogen (secondary N) is 1. The van der Waals surface area contributed by atoms with Crippen molar-refractivity contribution in [3.8, 4) is 0 Å². The molecule has 0 saturated heterocycles. The summed E-state index contributed by atoms with van der Waals surface area (Å²) in [6.45, 7) is 3.93. The van der Waals surface area contributed by atoms with E-state index in [1.165, 1.54) is 0 Å². The number of hydrogen-bond acceptors (Lipinski definition) is 1. The maximum absolute atomic E-state index is 12.2. The quantitative estimate of drug-likeness (QED) is 0.901. The van der Waals surface area contributed by atoms with Crippen molar-refractivity contribution >= 4 is 21.8 Å². The molecule has 2 rings (SSSR count). The molecule has 1 amide bonds. The Labute approximate surface area is 122 Å². The molecule has 98 valence electrons. The SMILES string of the molecule is Cc1ccccc1C(=O)NC(C)c1cccc(Br)c1. The average molecular weight is 318 g/mol. The summed E-state index contributed by atoms with van der Waals surface area (Å²) in [6, 6.07) is 15.5. The van der Waals surface area contributed by atoms with Crippen molar-refractivity contribution < 1.29 is 4.79 Å². The lowest BCUT2D eigenvalue weighted by molar-refractivity contribution is 0.0939. The molecule has 0 aliphatic heterocycles. The number of benzene rings is 2. The summed E-state index contributed by atoms with van der Waals surface area (Å²) < 4.78 is 1.02. The highest BCUT2D eigenvalue weighted by Crippen LogP contribution is 2.18. The first-order chi connectivity index (χ1) is 9.08. The van der Waals surface area contributed by atoms with Gasteiger partial charge in [-0.05, 0) is 43.2 Å². The molecule has 0 radical (unpaired) electrons. The fourth-order valence-electron chi connectivity index (χ4n) is 1.96. The van der Waals surface area contributed by atoms with Crippen LogP contribution in [0.1, 0.15) is 34.5 Å². The van der Waals surface area contributed by atoms with Crippen LogP contribution in [0, 0.1) is 6.92 Å². The molecule has 0 aliphatic rings. The minimum atomic E-state index is -0.0365. The van der Waals surface area contributed by atoms with Gasteiger partial charge in [-0.2, -0.15) is 0 Å². The van der Waals surface area contributed by atoms with Crippen molar-refractivity contribution in [2.45, 2.75) is 19.9 Å². The number of halogens is 1. The molecule has 0 heterocycles. The van der Waals surface area contributed by atoms with Gasteiger partial charge in [-0.15, -0.1) is 0 Å². The first-order valence-electron chi connectivity index (χ1n) is 6.20. The molecular weight excluding hydrogens is 302 g/mol. The standard InChI is InChI=1S/C16H16BrNO/c1-11-6-3-4-9-15(11)16(19)18-12(2)13-7-5-8-14(17)10-13/h3-10,12H,1-2H3,(H,18,19). The van der Waals surface area contributed by atoms with Gasteiger partial charge >= 0.3 is 0 Å².